The maximum atomic E-state index is 13.5. The lowest BCUT2D eigenvalue weighted by Gasteiger charge is -2.22. The SMILES string of the molecule is CC(C)C(NCC(=O)NC(=O)Nc1ccccc1F)c1ccc(Cl)cc1. The zero-order valence-electron chi connectivity index (χ0n) is 14.6. The lowest BCUT2D eigenvalue weighted by molar-refractivity contribution is -0.119. The van der Waals surface area contributed by atoms with Gasteiger partial charge >= 0.3 is 6.03 Å². The lowest BCUT2D eigenvalue weighted by atomic mass is 9.96. The molecule has 0 radical (unpaired) electrons. The summed E-state index contributed by atoms with van der Waals surface area (Å²) in [6.07, 6.45) is 0. The van der Waals surface area contributed by atoms with Crippen molar-refractivity contribution in [3.63, 3.8) is 0 Å². The number of amides is 3. The molecule has 26 heavy (non-hydrogen) atoms. The van der Waals surface area contributed by atoms with E-state index in [1.54, 1.807) is 18.2 Å². The first kappa shape index (κ1) is 19.9. The van der Waals surface area contributed by atoms with E-state index in [0.29, 0.717) is 5.02 Å². The number of benzene rings is 2. The summed E-state index contributed by atoms with van der Waals surface area (Å²) in [6.45, 7) is 3.99. The van der Waals surface area contributed by atoms with Crippen molar-refractivity contribution in [2.45, 2.75) is 19.9 Å². The third kappa shape index (κ3) is 5.82. The van der Waals surface area contributed by atoms with E-state index in [4.69, 9.17) is 11.6 Å². The topological polar surface area (TPSA) is 70.2 Å². The maximum Gasteiger partial charge on any atom is 0.326 e. The van der Waals surface area contributed by atoms with Gasteiger partial charge in [-0.3, -0.25) is 10.1 Å². The van der Waals surface area contributed by atoms with Gasteiger partial charge in [0, 0.05) is 11.1 Å². The Bertz CT molecular complexity index is 766. The molecule has 0 aliphatic rings. The van der Waals surface area contributed by atoms with Gasteiger partial charge in [-0.25, -0.2) is 9.18 Å². The van der Waals surface area contributed by atoms with Crippen molar-refractivity contribution in [1.82, 2.24) is 10.6 Å². The predicted octanol–water partition coefficient (Wildman–Crippen LogP) is 4.11. The number of urea groups is 1. The van der Waals surface area contributed by atoms with Crippen LogP contribution >= 0.6 is 11.6 Å². The van der Waals surface area contributed by atoms with Gasteiger partial charge in [0.1, 0.15) is 5.82 Å². The van der Waals surface area contributed by atoms with Gasteiger partial charge in [0.05, 0.1) is 12.2 Å². The number of hydrogen-bond donors (Lipinski definition) is 3. The molecule has 3 N–H and O–H groups in total. The summed E-state index contributed by atoms with van der Waals surface area (Å²) in [7, 11) is 0. The van der Waals surface area contributed by atoms with Crippen molar-refractivity contribution in [2.75, 3.05) is 11.9 Å². The van der Waals surface area contributed by atoms with Crippen LogP contribution in [0.15, 0.2) is 48.5 Å². The van der Waals surface area contributed by atoms with Gasteiger partial charge in [-0.15, -0.1) is 0 Å². The molecule has 2 aromatic carbocycles. The Morgan fingerprint density at radius 1 is 1.08 bits per heavy atom. The first-order valence-electron chi connectivity index (χ1n) is 8.21. The molecule has 5 nitrogen and oxygen atoms in total. The average molecular weight is 378 g/mol. The molecule has 0 fully saturated rings. The average Bonchev–Trinajstić information content (AvgIpc) is 2.58. The van der Waals surface area contributed by atoms with Crippen LogP contribution in [0.3, 0.4) is 0 Å². The van der Waals surface area contributed by atoms with Crippen molar-refractivity contribution in [2.24, 2.45) is 5.92 Å². The summed E-state index contributed by atoms with van der Waals surface area (Å²) in [5, 5.41) is 8.24. The molecule has 0 spiro atoms. The molecule has 1 atom stereocenters. The minimum Gasteiger partial charge on any atom is -0.305 e. The minimum absolute atomic E-state index is 0.00646. The van der Waals surface area contributed by atoms with Crippen LogP contribution in [0.2, 0.25) is 5.02 Å². The van der Waals surface area contributed by atoms with Crippen LogP contribution in [0.25, 0.3) is 0 Å². The largest absolute Gasteiger partial charge is 0.326 e. The summed E-state index contributed by atoms with van der Waals surface area (Å²) in [4.78, 5) is 23.8. The van der Waals surface area contributed by atoms with Gasteiger partial charge < -0.3 is 10.6 Å². The van der Waals surface area contributed by atoms with Crippen LogP contribution < -0.4 is 16.0 Å². The summed E-state index contributed by atoms with van der Waals surface area (Å²) in [6, 6.07) is 12.2. The van der Waals surface area contributed by atoms with Crippen LogP contribution in [0.4, 0.5) is 14.9 Å². The number of carbonyl (C=O) groups excluding carboxylic acids is 2. The molecule has 0 aromatic heterocycles. The second-order valence-electron chi connectivity index (χ2n) is 6.14. The Kier molecular flexibility index (Phi) is 7.12. The van der Waals surface area contributed by atoms with E-state index in [0.717, 1.165) is 5.56 Å². The standard InChI is InChI=1S/C19H21ClFN3O2/c1-12(2)18(13-7-9-14(20)10-8-13)22-11-17(25)24-19(26)23-16-6-4-3-5-15(16)21/h3-10,12,18,22H,11H2,1-2H3,(H2,23,24,25,26). The van der Waals surface area contributed by atoms with E-state index >= 15 is 0 Å². The summed E-state index contributed by atoms with van der Waals surface area (Å²) in [5.74, 6) is -0.870. The number of hydrogen-bond acceptors (Lipinski definition) is 3. The third-order valence-corrected chi connectivity index (χ3v) is 4.01. The second kappa shape index (κ2) is 9.31. The molecule has 138 valence electrons. The molecule has 2 aromatic rings. The molecule has 0 aliphatic carbocycles. The molecule has 0 heterocycles. The molecule has 0 aliphatic heterocycles. The number of halogens is 2. The van der Waals surface area contributed by atoms with E-state index in [-0.39, 0.29) is 24.2 Å². The van der Waals surface area contributed by atoms with E-state index < -0.39 is 17.8 Å². The highest BCUT2D eigenvalue weighted by Gasteiger charge is 2.17. The number of imide groups is 1. The van der Waals surface area contributed by atoms with Crippen LogP contribution in [-0.4, -0.2) is 18.5 Å². The highest BCUT2D eigenvalue weighted by Crippen LogP contribution is 2.23. The molecular weight excluding hydrogens is 357 g/mol. The highest BCUT2D eigenvalue weighted by molar-refractivity contribution is 6.30. The van der Waals surface area contributed by atoms with Crippen molar-refractivity contribution in [3.8, 4) is 0 Å². The van der Waals surface area contributed by atoms with Gasteiger partial charge in [0.2, 0.25) is 5.91 Å². The fourth-order valence-electron chi connectivity index (χ4n) is 2.50. The molecular formula is C19H21ClFN3O2. The van der Waals surface area contributed by atoms with Gasteiger partial charge in [0.15, 0.2) is 0 Å². The van der Waals surface area contributed by atoms with Gasteiger partial charge in [0.25, 0.3) is 0 Å². The van der Waals surface area contributed by atoms with Crippen molar-refractivity contribution < 1.29 is 14.0 Å². The highest BCUT2D eigenvalue weighted by atomic mass is 35.5. The molecule has 7 heteroatoms. The molecule has 0 saturated carbocycles. The van der Waals surface area contributed by atoms with Crippen LogP contribution in [0.5, 0.6) is 0 Å². The summed E-state index contributed by atoms with van der Waals surface area (Å²) in [5.41, 5.74) is 1.000. The zero-order valence-corrected chi connectivity index (χ0v) is 15.3. The van der Waals surface area contributed by atoms with E-state index in [9.17, 15) is 14.0 Å². The van der Waals surface area contributed by atoms with Gasteiger partial charge in [-0.2, -0.15) is 0 Å². The Balaban J connectivity index is 1.89. The normalized spacial score (nSPS) is 11.9. The second-order valence-corrected chi connectivity index (χ2v) is 6.57. The minimum atomic E-state index is -0.783. The maximum absolute atomic E-state index is 13.5. The van der Waals surface area contributed by atoms with E-state index in [1.807, 2.05) is 26.0 Å². The fraction of sp³-hybridized carbons (Fsp3) is 0.263. The van der Waals surface area contributed by atoms with Gasteiger partial charge in [-0.1, -0.05) is 49.7 Å². The van der Waals surface area contributed by atoms with Crippen LogP contribution in [-0.2, 0) is 4.79 Å². The van der Waals surface area contributed by atoms with Crippen molar-refractivity contribution in [1.29, 1.82) is 0 Å². The predicted molar refractivity (Wildman–Crippen MR) is 101 cm³/mol. The van der Waals surface area contributed by atoms with Gasteiger partial charge in [-0.05, 0) is 35.7 Å². The number of carbonyl (C=O) groups is 2. The third-order valence-electron chi connectivity index (χ3n) is 3.75. The zero-order chi connectivity index (χ0) is 19.1. The number of anilines is 1. The number of nitrogens with one attached hydrogen (secondary N) is 3. The van der Waals surface area contributed by atoms with Crippen molar-refractivity contribution in [3.05, 3.63) is 64.9 Å². The Hall–Kier alpha value is -2.44. The Morgan fingerprint density at radius 2 is 1.73 bits per heavy atom. The lowest BCUT2D eigenvalue weighted by Crippen LogP contribution is -2.41. The summed E-state index contributed by atoms with van der Waals surface area (Å²) < 4.78 is 13.5. The fourth-order valence-corrected chi connectivity index (χ4v) is 2.62. The molecule has 3 amide bonds. The Morgan fingerprint density at radius 3 is 2.35 bits per heavy atom. The van der Waals surface area contributed by atoms with Crippen molar-refractivity contribution >= 4 is 29.2 Å². The molecule has 1 unspecified atom stereocenters. The van der Waals surface area contributed by atoms with Crippen LogP contribution in [0.1, 0.15) is 25.5 Å². The van der Waals surface area contributed by atoms with Crippen LogP contribution in [0, 0.1) is 11.7 Å². The monoisotopic (exact) mass is 377 g/mol. The molecule has 2 rings (SSSR count). The first-order valence-corrected chi connectivity index (χ1v) is 8.59. The molecule has 0 bridgehead atoms. The smallest absolute Gasteiger partial charge is 0.305 e. The first-order chi connectivity index (χ1) is 12.4. The molecule has 0 saturated heterocycles. The Labute approximate surface area is 156 Å². The van der Waals surface area contributed by atoms with E-state index in [1.165, 1.54) is 18.2 Å². The quantitative estimate of drug-likeness (QED) is 0.709. The van der Waals surface area contributed by atoms with E-state index in [2.05, 4.69) is 16.0 Å². The number of para-hydroxylation sites is 1. The summed E-state index contributed by atoms with van der Waals surface area (Å²) >= 11 is 5.90. The number of rotatable bonds is 6.